The third-order valence-electron chi connectivity index (χ3n) is 3.20. The summed E-state index contributed by atoms with van der Waals surface area (Å²) in [6, 6.07) is 7.57. The van der Waals surface area contributed by atoms with E-state index in [2.05, 4.69) is 6.92 Å². The smallest absolute Gasteiger partial charge is 0.254 e. The molecule has 3 heteroatoms. The normalized spacial score (nSPS) is 20.8. The molecule has 1 amide bonds. The summed E-state index contributed by atoms with van der Waals surface area (Å²) >= 11 is 0. The molecule has 2 N–H and O–H groups in total. The number of rotatable bonds is 1. The maximum Gasteiger partial charge on any atom is 0.254 e. The van der Waals surface area contributed by atoms with Crippen molar-refractivity contribution in [2.24, 2.45) is 0 Å². The van der Waals surface area contributed by atoms with Crippen molar-refractivity contribution < 1.29 is 4.79 Å². The van der Waals surface area contributed by atoms with Gasteiger partial charge in [-0.25, -0.2) is 0 Å². The molecule has 0 bridgehead atoms. The number of carbonyl (C=O) groups excluding carboxylic acids is 1. The molecule has 1 aromatic rings. The average Bonchev–Trinajstić information content (AvgIpc) is 2.29. The van der Waals surface area contributed by atoms with Gasteiger partial charge in [0.2, 0.25) is 0 Å². The summed E-state index contributed by atoms with van der Waals surface area (Å²) < 4.78 is 0. The minimum absolute atomic E-state index is 0.111. The fourth-order valence-corrected chi connectivity index (χ4v) is 2.24. The molecule has 0 spiro atoms. The van der Waals surface area contributed by atoms with E-state index >= 15 is 0 Å². The molecule has 3 nitrogen and oxygen atoms in total. The number of nitrogen functional groups attached to an aromatic ring is 1. The number of nitrogens with two attached hydrogens (primary N) is 1. The zero-order chi connectivity index (χ0) is 11.5. The maximum absolute atomic E-state index is 12.2. The highest BCUT2D eigenvalue weighted by molar-refractivity contribution is 5.95. The van der Waals surface area contributed by atoms with Gasteiger partial charge in [-0.1, -0.05) is 6.07 Å². The number of hydrogen-bond acceptors (Lipinski definition) is 2. The Kier molecular flexibility index (Phi) is 3.13. The second kappa shape index (κ2) is 4.56. The van der Waals surface area contributed by atoms with Crippen LogP contribution in [0.5, 0.6) is 0 Å². The van der Waals surface area contributed by atoms with Crippen LogP contribution in [0.25, 0.3) is 0 Å². The lowest BCUT2D eigenvalue weighted by Crippen LogP contribution is -2.42. The first-order valence-electron chi connectivity index (χ1n) is 5.85. The van der Waals surface area contributed by atoms with Crippen LogP contribution in [-0.2, 0) is 0 Å². The van der Waals surface area contributed by atoms with E-state index in [1.807, 2.05) is 17.0 Å². The zero-order valence-electron chi connectivity index (χ0n) is 9.65. The van der Waals surface area contributed by atoms with Gasteiger partial charge in [0.25, 0.3) is 5.91 Å². The Labute approximate surface area is 96.2 Å². The second-order valence-corrected chi connectivity index (χ2v) is 4.47. The Balaban J connectivity index is 2.17. The van der Waals surface area contributed by atoms with Crippen LogP contribution in [0.3, 0.4) is 0 Å². The number of piperidine rings is 1. The Morgan fingerprint density at radius 3 is 2.94 bits per heavy atom. The fourth-order valence-electron chi connectivity index (χ4n) is 2.24. The first-order valence-corrected chi connectivity index (χ1v) is 5.85. The van der Waals surface area contributed by atoms with Crippen LogP contribution in [-0.4, -0.2) is 23.4 Å². The highest BCUT2D eigenvalue weighted by Gasteiger charge is 2.23. The average molecular weight is 218 g/mol. The number of carbonyl (C=O) groups is 1. The van der Waals surface area contributed by atoms with Crippen LogP contribution in [0.4, 0.5) is 5.69 Å². The zero-order valence-corrected chi connectivity index (χ0v) is 9.65. The monoisotopic (exact) mass is 218 g/mol. The summed E-state index contributed by atoms with van der Waals surface area (Å²) in [6.07, 6.45) is 3.44. The molecule has 1 atom stereocenters. The predicted octanol–water partition coefficient (Wildman–Crippen LogP) is 2.28. The Bertz CT molecular complexity index is 389. The topological polar surface area (TPSA) is 46.3 Å². The van der Waals surface area contributed by atoms with E-state index in [0.717, 1.165) is 19.4 Å². The van der Waals surface area contributed by atoms with E-state index in [1.165, 1.54) is 6.42 Å². The van der Waals surface area contributed by atoms with Gasteiger partial charge in [0.1, 0.15) is 0 Å². The molecule has 16 heavy (non-hydrogen) atoms. The van der Waals surface area contributed by atoms with Crippen molar-refractivity contribution in [3.05, 3.63) is 29.8 Å². The molecule has 2 rings (SSSR count). The Morgan fingerprint density at radius 2 is 2.25 bits per heavy atom. The molecule has 1 aliphatic rings. The van der Waals surface area contributed by atoms with Gasteiger partial charge < -0.3 is 10.6 Å². The van der Waals surface area contributed by atoms with E-state index in [-0.39, 0.29) is 5.91 Å². The minimum Gasteiger partial charge on any atom is -0.399 e. The lowest BCUT2D eigenvalue weighted by molar-refractivity contribution is 0.0635. The van der Waals surface area contributed by atoms with Gasteiger partial charge in [-0.05, 0) is 44.4 Å². The number of anilines is 1. The van der Waals surface area contributed by atoms with E-state index < -0.39 is 0 Å². The quantitative estimate of drug-likeness (QED) is 0.735. The number of hydrogen-bond donors (Lipinski definition) is 1. The first-order chi connectivity index (χ1) is 7.68. The number of amides is 1. The molecule has 1 aromatic carbocycles. The molecule has 86 valence electrons. The van der Waals surface area contributed by atoms with Crippen LogP contribution < -0.4 is 5.73 Å². The lowest BCUT2D eigenvalue weighted by Gasteiger charge is -2.33. The van der Waals surface area contributed by atoms with E-state index in [1.54, 1.807) is 12.1 Å². The van der Waals surface area contributed by atoms with Crippen LogP contribution >= 0.6 is 0 Å². The molecule has 0 saturated carbocycles. The van der Waals surface area contributed by atoms with Gasteiger partial charge in [0.05, 0.1) is 0 Å². The van der Waals surface area contributed by atoms with Gasteiger partial charge in [-0.15, -0.1) is 0 Å². The van der Waals surface area contributed by atoms with E-state index in [0.29, 0.717) is 17.3 Å². The molecule has 1 saturated heterocycles. The second-order valence-electron chi connectivity index (χ2n) is 4.47. The first kappa shape index (κ1) is 11.0. The standard InChI is InChI=1S/C13H18N2O/c1-10-5-2-3-8-15(10)13(16)11-6-4-7-12(14)9-11/h4,6-7,9-10H,2-3,5,8,14H2,1H3/t10-/m0/s1. The molecule has 1 aliphatic heterocycles. The SMILES string of the molecule is C[C@H]1CCCCN1C(=O)c1cccc(N)c1. The molecular weight excluding hydrogens is 200 g/mol. The van der Waals surface area contributed by atoms with Crippen LogP contribution in [0.1, 0.15) is 36.5 Å². The molecule has 0 radical (unpaired) electrons. The van der Waals surface area contributed by atoms with Crippen LogP contribution in [0.15, 0.2) is 24.3 Å². The highest BCUT2D eigenvalue weighted by Crippen LogP contribution is 2.19. The van der Waals surface area contributed by atoms with Crippen LogP contribution in [0.2, 0.25) is 0 Å². The van der Waals surface area contributed by atoms with Gasteiger partial charge in [-0.2, -0.15) is 0 Å². The van der Waals surface area contributed by atoms with Gasteiger partial charge in [0, 0.05) is 23.8 Å². The van der Waals surface area contributed by atoms with Gasteiger partial charge >= 0.3 is 0 Å². The van der Waals surface area contributed by atoms with E-state index in [9.17, 15) is 4.79 Å². The number of likely N-dealkylation sites (tertiary alicyclic amines) is 1. The van der Waals surface area contributed by atoms with Crippen molar-refractivity contribution in [2.45, 2.75) is 32.2 Å². The molecule has 0 aromatic heterocycles. The third-order valence-corrected chi connectivity index (χ3v) is 3.20. The van der Waals surface area contributed by atoms with Gasteiger partial charge in [0.15, 0.2) is 0 Å². The summed E-state index contributed by atoms with van der Waals surface area (Å²) in [4.78, 5) is 14.2. The Morgan fingerprint density at radius 1 is 1.44 bits per heavy atom. The van der Waals surface area contributed by atoms with Crippen molar-refractivity contribution >= 4 is 11.6 Å². The van der Waals surface area contributed by atoms with Gasteiger partial charge in [-0.3, -0.25) is 4.79 Å². The van der Waals surface area contributed by atoms with Crippen LogP contribution in [0, 0.1) is 0 Å². The molecule has 1 fully saturated rings. The molecule has 1 heterocycles. The minimum atomic E-state index is 0.111. The summed E-state index contributed by atoms with van der Waals surface area (Å²) in [5.74, 6) is 0.111. The van der Waals surface area contributed by atoms with Crippen molar-refractivity contribution in [2.75, 3.05) is 12.3 Å². The third kappa shape index (κ3) is 2.18. The maximum atomic E-state index is 12.2. The molecular formula is C13H18N2O. The van der Waals surface area contributed by atoms with Crippen molar-refractivity contribution in [3.63, 3.8) is 0 Å². The predicted molar refractivity (Wildman–Crippen MR) is 65.2 cm³/mol. The van der Waals surface area contributed by atoms with Crippen molar-refractivity contribution in [1.29, 1.82) is 0 Å². The lowest BCUT2D eigenvalue weighted by atomic mass is 10.0. The summed E-state index contributed by atoms with van der Waals surface area (Å²) in [6.45, 7) is 2.98. The summed E-state index contributed by atoms with van der Waals surface area (Å²) in [7, 11) is 0. The molecule has 0 aliphatic carbocycles. The number of benzene rings is 1. The highest BCUT2D eigenvalue weighted by atomic mass is 16.2. The van der Waals surface area contributed by atoms with Crippen molar-refractivity contribution in [3.8, 4) is 0 Å². The summed E-state index contributed by atoms with van der Waals surface area (Å²) in [5, 5.41) is 0. The fraction of sp³-hybridized carbons (Fsp3) is 0.462. The summed E-state index contributed by atoms with van der Waals surface area (Å²) in [5.41, 5.74) is 7.04. The molecule has 0 unspecified atom stereocenters. The van der Waals surface area contributed by atoms with E-state index in [4.69, 9.17) is 5.73 Å². The number of nitrogens with zero attached hydrogens (tertiary/aromatic N) is 1. The largest absolute Gasteiger partial charge is 0.399 e. The Hall–Kier alpha value is -1.51. The van der Waals surface area contributed by atoms with Crippen molar-refractivity contribution in [1.82, 2.24) is 4.90 Å².